The van der Waals surface area contributed by atoms with Crippen LogP contribution in [0.25, 0.3) is 0 Å². The van der Waals surface area contributed by atoms with Gasteiger partial charge in [-0.3, -0.25) is 0 Å². The van der Waals surface area contributed by atoms with Gasteiger partial charge in [-0.25, -0.2) is 9.59 Å². The summed E-state index contributed by atoms with van der Waals surface area (Å²) in [5.41, 5.74) is 0. The number of thioether (sulfide) groups is 1. The zero-order valence-corrected chi connectivity index (χ0v) is 12.3. The molecule has 2 amide bonds. The molecule has 3 unspecified atom stereocenters. The Hall–Kier alpha value is -0.910. The third-order valence-electron chi connectivity index (χ3n) is 2.90. The number of urea groups is 1. The van der Waals surface area contributed by atoms with Gasteiger partial charge in [0.1, 0.15) is 6.04 Å². The highest BCUT2D eigenvalue weighted by atomic mass is 32.2. The SMILES string of the molecule is CCC(C)C(NC(=O)NC(C)CCSC)C(=O)O. The first-order valence-corrected chi connectivity index (χ1v) is 7.60. The van der Waals surface area contributed by atoms with Gasteiger partial charge in [-0.15, -0.1) is 0 Å². The lowest BCUT2D eigenvalue weighted by Gasteiger charge is -2.22. The van der Waals surface area contributed by atoms with Crippen molar-refractivity contribution in [3.63, 3.8) is 0 Å². The molecule has 0 aliphatic rings. The molecular weight excluding hydrogens is 252 g/mol. The Morgan fingerprint density at radius 2 is 1.89 bits per heavy atom. The van der Waals surface area contributed by atoms with Gasteiger partial charge in [0.25, 0.3) is 0 Å². The quantitative estimate of drug-likeness (QED) is 0.633. The van der Waals surface area contributed by atoms with Crippen LogP contribution in [-0.2, 0) is 4.79 Å². The van der Waals surface area contributed by atoms with Crippen LogP contribution >= 0.6 is 11.8 Å². The molecule has 0 aromatic heterocycles. The molecule has 106 valence electrons. The molecule has 0 aliphatic carbocycles. The average molecular weight is 276 g/mol. The van der Waals surface area contributed by atoms with Crippen molar-refractivity contribution in [1.82, 2.24) is 10.6 Å². The number of rotatable bonds is 8. The van der Waals surface area contributed by atoms with E-state index in [9.17, 15) is 9.59 Å². The van der Waals surface area contributed by atoms with E-state index in [4.69, 9.17) is 5.11 Å². The van der Waals surface area contributed by atoms with Crippen molar-refractivity contribution in [1.29, 1.82) is 0 Å². The van der Waals surface area contributed by atoms with Gasteiger partial charge in [0.15, 0.2) is 0 Å². The molecule has 0 radical (unpaired) electrons. The van der Waals surface area contributed by atoms with Gasteiger partial charge in [-0.05, 0) is 31.3 Å². The summed E-state index contributed by atoms with van der Waals surface area (Å²) in [4.78, 5) is 22.7. The second-order valence-corrected chi connectivity index (χ2v) is 5.49. The minimum atomic E-state index is -0.990. The summed E-state index contributed by atoms with van der Waals surface area (Å²) < 4.78 is 0. The van der Waals surface area contributed by atoms with Crippen LogP contribution in [-0.4, -0.2) is 41.2 Å². The smallest absolute Gasteiger partial charge is 0.326 e. The van der Waals surface area contributed by atoms with Gasteiger partial charge in [0, 0.05) is 6.04 Å². The molecule has 0 heterocycles. The summed E-state index contributed by atoms with van der Waals surface area (Å²) in [6.45, 7) is 5.63. The summed E-state index contributed by atoms with van der Waals surface area (Å²) in [6, 6.07) is -1.19. The van der Waals surface area contributed by atoms with Crippen molar-refractivity contribution >= 4 is 23.8 Å². The van der Waals surface area contributed by atoms with Crippen LogP contribution in [0.3, 0.4) is 0 Å². The second-order valence-electron chi connectivity index (χ2n) is 4.50. The first-order valence-electron chi connectivity index (χ1n) is 6.21. The van der Waals surface area contributed by atoms with E-state index in [-0.39, 0.29) is 12.0 Å². The van der Waals surface area contributed by atoms with Gasteiger partial charge in [0.2, 0.25) is 0 Å². The highest BCUT2D eigenvalue weighted by Crippen LogP contribution is 2.08. The highest BCUT2D eigenvalue weighted by molar-refractivity contribution is 7.98. The zero-order chi connectivity index (χ0) is 14.1. The number of carbonyl (C=O) groups is 2. The van der Waals surface area contributed by atoms with Gasteiger partial charge in [-0.2, -0.15) is 11.8 Å². The predicted octanol–water partition coefficient (Wildman–Crippen LogP) is 1.93. The third-order valence-corrected chi connectivity index (χ3v) is 3.54. The van der Waals surface area contributed by atoms with Crippen LogP contribution in [0.4, 0.5) is 4.79 Å². The molecule has 0 bridgehead atoms. The van der Waals surface area contributed by atoms with Crippen LogP contribution in [0.1, 0.15) is 33.6 Å². The van der Waals surface area contributed by atoms with Crippen LogP contribution in [0.15, 0.2) is 0 Å². The van der Waals surface area contributed by atoms with E-state index in [1.54, 1.807) is 11.8 Å². The molecule has 0 aromatic rings. The molecule has 6 heteroatoms. The molecular formula is C12H24N2O3S. The summed E-state index contributed by atoms with van der Waals surface area (Å²) in [5.74, 6) is -0.110. The number of carbonyl (C=O) groups excluding carboxylic acids is 1. The molecule has 5 nitrogen and oxygen atoms in total. The van der Waals surface area contributed by atoms with Crippen LogP contribution in [0, 0.1) is 5.92 Å². The van der Waals surface area contributed by atoms with E-state index in [0.29, 0.717) is 6.42 Å². The first kappa shape index (κ1) is 17.1. The Bertz CT molecular complexity index is 274. The standard InChI is InChI=1S/C12H24N2O3S/c1-5-8(2)10(11(15)16)14-12(17)13-9(3)6-7-18-4/h8-10H,5-7H2,1-4H3,(H,15,16)(H2,13,14,17). The van der Waals surface area contributed by atoms with Crippen LogP contribution in [0.2, 0.25) is 0 Å². The molecule has 3 atom stereocenters. The Balaban J connectivity index is 4.21. The maximum Gasteiger partial charge on any atom is 0.326 e. The normalized spacial score (nSPS) is 15.6. The Labute approximate surface area is 113 Å². The lowest BCUT2D eigenvalue weighted by molar-refractivity contribution is -0.140. The molecule has 0 aromatic carbocycles. The molecule has 0 aliphatic heterocycles. The Kier molecular flexibility index (Phi) is 8.62. The number of hydrogen-bond acceptors (Lipinski definition) is 3. The van der Waals surface area contributed by atoms with Crippen molar-refractivity contribution < 1.29 is 14.7 Å². The van der Waals surface area contributed by atoms with Crippen LogP contribution < -0.4 is 10.6 Å². The topological polar surface area (TPSA) is 78.4 Å². The summed E-state index contributed by atoms with van der Waals surface area (Å²) in [5, 5.41) is 14.3. The number of carboxylic acid groups (broad SMARTS) is 1. The van der Waals surface area contributed by atoms with Crippen molar-refractivity contribution in [3.8, 4) is 0 Å². The van der Waals surface area contributed by atoms with E-state index >= 15 is 0 Å². The summed E-state index contributed by atoms with van der Waals surface area (Å²) in [6.07, 6.45) is 3.59. The molecule has 0 rings (SSSR count). The second kappa shape index (κ2) is 9.08. The van der Waals surface area contributed by atoms with Gasteiger partial charge in [-0.1, -0.05) is 20.3 Å². The summed E-state index contributed by atoms with van der Waals surface area (Å²) in [7, 11) is 0. The zero-order valence-electron chi connectivity index (χ0n) is 11.5. The van der Waals surface area contributed by atoms with Gasteiger partial charge in [0.05, 0.1) is 0 Å². The lowest BCUT2D eigenvalue weighted by atomic mass is 9.99. The Morgan fingerprint density at radius 3 is 2.33 bits per heavy atom. The number of aliphatic carboxylic acids is 1. The molecule has 3 N–H and O–H groups in total. The van der Waals surface area contributed by atoms with E-state index < -0.39 is 18.0 Å². The molecule has 0 saturated heterocycles. The fraction of sp³-hybridized carbons (Fsp3) is 0.833. The van der Waals surface area contributed by atoms with E-state index in [2.05, 4.69) is 10.6 Å². The monoisotopic (exact) mass is 276 g/mol. The fourth-order valence-corrected chi connectivity index (χ4v) is 2.05. The van der Waals surface area contributed by atoms with Gasteiger partial charge < -0.3 is 15.7 Å². The average Bonchev–Trinajstić information content (AvgIpc) is 2.32. The predicted molar refractivity (Wildman–Crippen MR) is 75.0 cm³/mol. The van der Waals surface area contributed by atoms with E-state index in [0.717, 1.165) is 12.2 Å². The van der Waals surface area contributed by atoms with E-state index in [1.807, 2.05) is 27.0 Å². The number of amides is 2. The van der Waals surface area contributed by atoms with Crippen LogP contribution in [0.5, 0.6) is 0 Å². The maximum atomic E-state index is 11.7. The maximum absolute atomic E-state index is 11.7. The number of nitrogens with one attached hydrogen (secondary N) is 2. The van der Waals surface area contributed by atoms with Gasteiger partial charge >= 0.3 is 12.0 Å². The minimum Gasteiger partial charge on any atom is -0.480 e. The largest absolute Gasteiger partial charge is 0.480 e. The van der Waals surface area contributed by atoms with Crippen molar-refractivity contribution in [3.05, 3.63) is 0 Å². The third kappa shape index (κ3) is 6.74. The lowest BCUT2D eigenvalue weighted by Crippen LogP contribution is -2.51. The van der Waals surface area contributed by atoms with Crippen molar-refractivity contribution in [2.24, 2.45) is 5.92 Å². The summed E-state index contributed by atoms with van der Waals surface area (Å²) >= 11 is 1.72. The Morgan fingerprint density at radius 1 is 1.28 bits per heavy atom. The number of hydrogen-bond donors (Lipinski definition) is 3. The molecule has 0 spiro atoms. The molecule has 0 saturated carbocycles. The fourth-order valence-electron chi connectivity index (χ4n) is 1.46. The highest BCUT2D eigenvalue weighted by Gasteiger charge is 2.25. The molecule has 18 heavy (non-hydrogen) atoms. The van der Waals surface area contributed by atoms with E-state index in [1.165, 1.54) is 0 Å². The minimum absolute atomic E-state index is 0.0452. The van der Waals surface area contributed by atoms with Crippen molar-refractivity contribution in [2.75, 3.05) is 12.0 Å². The van der Waals surface area contributed by atoms with Crippen molar-refractivity contribution in [2.45, 2.75) is 45.7 Å². The number of carboxylic acids is 1. The first-order chi connectivity index (χ1) is 8.42. The molecule has 0 fully saturated rings.